The van der Waals surface area contributed by atoms with Gasteiger partial charge in [0.2, 0.25) is 6.79 Å². The maximum Gasteiger partial charge on any atom is 0.324 e. The number of urea groups is 1. The lowest BCUT2D eigenvalue weighted by Crippen LogP contribution is -2.21. The smallest absolute Gasteiger partial charge is 0.324 e. The van der Waals surface area contributed by atoms with Gasteiger partial charge in [-0.2, -0.15) is 5.10 Å². The highest BCUT2D eigenvalue weighted by molar-refractivity contribution is 5.99. The molecule has 2 heterocycles. The zero-order chi connectivity index (χ0) is 23.9. The number of nitrogens with one attached hydrogen (secondary N) is 2. The first-order valence-corrected chi connectivity index (χ1v) is 11.4. The van der Waals surface area contributed by atoms with Gasteiger partial charge in [0.25, 0.3) is 0 Å². The molecule has 2 aromatic carbocycles. The Morgan fingerprint density at radius 2 is 1.91 bits per heavy atom. The molecule has 2 N–H and O–H groups in total. The fourth-order valence-electron chi connectivity index (χ4n) is 3.63. The Morgan fingerprint density at radius 1 is 1.06 bits per heavy atom. The van der Waals surface area contributed by atoms with Gasteiger partial charge < -0.3 is 19.5 Å². The van der Waals surface area contributed by atoms with Crippen molar-refractivity contribution in [3.8, 4) is 17.2 Å². The van der Waals surface area contributed by atoms with Crippen molar-refractivity contribution < 1.29 is 23.8 Å². The van der Waals surface area contributed by atoms with E-state index in [4.69, 9.17) is 19.3 Å². The van der Waals surface area contributed by atoms with Crippen LogP contribution in [0.15, 0.2) is 48.5 Å². The summed E-state index contributed by atoms with van der Waals surface area (Å²) in [7, 11) is 0. The monoisotopic (exact) mass is 464 g/mol. The van der Waals surface area contributed by atoms with Gasteiger partial charge in [-0.25, -0.2) is 9.48 Å². The normalized spacial score (nSPS) is 11.8. The Labute approximate surface area is 198 Å². The van der Waals surface area contributed by atoms with E-state index in [0.717, 1.165) is 36.2 Å². The van der Waals surface area contributed by atoms with Gasteiger partial charge in [0, 0.05) is 17.8 Å². The van der Waals surface area contributed by atoms with Crippen molar-refractivity contribution in [2.24, 2.45) is 0 Å². The molecule has 9 nitrogen and oxygen atoms in total. The maximum absolute atomic E-state index is 12.8. The molecular formula is C25H28N4O5. The largest absolute Gasteiger partial charge is 0.466 e. The van der Waals surface area contributed by atoms with E-state index in [1.165, 1.54) is 0 Å². The number of rotatable bonds is 9. The van der Waals surface area contributed by atoms with Crippen molar-refractivity contribution in [2.45, 2.75) is 39.5 Å². The average Bonchev–Trinajstić information content (AvgIpc) is 3.44. The van der Waals surface area contributed by atoms with E-state index in [-0.39, 0.29) is 19.2 Å². The number of carbonyl (C=O) groups is 2. The fourth-order valence-corrected chi connectivity index (χ4v) is 3.63. The molecule has 2 amide bonds. The van der Waals surface area contributed by atoms with Gasteiger partial charge >= 0.3 is 12.0 Å². The Hall–Kier alpha value is -4.01. The van der Waals surface area contributed by atoms with E-state index < -0.39 is 6.03 Å². The molecule has 1 aliphatic rings. The van der Waals surface area contributed by atoms with Crippen LogP contribution >= 0.6 is 0 Å². The molecule has 0 spiro atoms. The molecule has 0 radical (unpaired) electrons. The summed E-state index contributed by atoms with van der Waals surface area (Å²) in [4.78, 5) is 24.7. The Morgan fingerprint density at radius 3 is 2.74 bits per heavy atom. The number of esters is 1. The van der Waals surface area contributed by atoms with Crippen LogP contribution < -0.4 is 20.1 Å². The topological polar surface area (TPSA) is 104 Å². The predicted octanol–water partition coefficient (Wildman–Crippen LogP) is 4.69. The zero-order valence-corrected chi connectivity index (χ0v) is 19.3. The molecular weight excluding hydrogens is 436 g/mol. The summed E-state index contributed by atoms with van der Waals surface area (Å²) >= 11 is 0. The van der Waals surface area contributed by atoms with Gasteiger partial charge in [-0.05, 0) is 49.6 Å². The summed E-state index contributed by atoms with van der Waals surface area (Å²) in [5, 5.41) is 10.4. The molecule has 0 saturated carbocycles. The predicted molar refractivity (Wildman–Crippen MR) is 128 cm³/mol. The minimum Gasteiger partial charge on any atom is -0.466 e. The lowest BCUT2D eigenvalue weighted by Gasteiger charge is -2.11. The number of unbranched alkanes of at least 4 members (excludes halogenated alkanes) is 1. The van der Waals surface area contributed by atoms with Gasteiger partial charge in [-0.3, -0.25) is 10.1 Å². The Balaban J connectivity index is 1.54. The first-order valence-electron chi connectivity index (χ1n) is 11.4. The van der Waals surface area contributed by atoms with Crippen molar-refractivity contribution in [2.75, 3.05) is 24.0 Å². The van der Waals surface area contributed by atoms with Gasteiger partial charge in [0.1, 0.15) is 5.82 Å². The number of fused-ring (bicyclic) bond motifs is 1. The van der Waals surface area contributed by atoms with E-state index in [2.05, 4.69) is 17.6 Å². The number of amides is 2. The minimum atomic E-state index is -0.412. The van der Waals surface area contributed by atoms with Crippen LogP contribution in [0.3, 0.4) is 0 Å². The summed E-state index contributed by atoms with van der Waals surface area (Å²) in [5.74, 6) is 1.47. The van der Waals surface area contributed by atoms with Gasteiger partial charge in [-0.1, -0.05) is 25.5 Å². The maximum atomic E-state index is 12.8. The minimum absolute atomic E-state index is 0.166. The third-order valence-electron chi connectivity index (χ3n) is 5.23. The summed E-state index contributed by atoms with van der Waals surface area (Å²) in [6.45, 7) is 4.40. The number of hydrogen-bond acceptors (Lipinski definition) is 6. The van der Waals surface area contributed by atoms with E-state index in [1.807, 2.05) is 30.3 Å². The van der Waals surface area contributed by atoms with Crippen molar-refractivity contribution in [1.29, 1.82) is 0 Å². The molecule has 1 aliphatic heterocycles. The van der Waals surface area contributed by atoms with E-state index in [0.29, 0.717) is 29.6 Å². The fraction of sp³-hybridized carbons (Fsp3) is 0.320. The number of benzene rings is 2. The highest BCUT2D eigenvalue weighted by Gasteiger charge is 2.16. The number of aryl methyl sites for hydroxylation is 1. The van der Waals surface area contributed by atoms with Crippen molar-refractivity contribution in [3.05, 3.63) is 59.8 Å². The SMILES string of the molecule is CCCCc1cc(NC(=O)Nc2ccc3c(c2)OCO3)n(-c2cccc(CC(=O)OCC)c2)n1. The van der Waals surface area contributed by atoms with Crippen molar-refractivity contribution in [1.82, 2.24) is 9.78 Å². The number of carbonyl (C=O) groups excluding carboxylic acids is 2. The van der Waals surface area contributed by atoms with Gasteiger partial charge in [0.05, 0.1) is 24.4 Å². The quantitative estimate of drug-likeness (QED) is 0.445. The molecule has 34 heavy (non-hydrogen) atoms. The van der Waals surface area contributed by atoms with Crippen LogP contribution in [-0.2, 0) is 22.4 Å². The van der Waals surface area contributed by atoms with Crippen molar-refractivity contribution >= 4 is 23.5 Å². The molecule has 178 valence electrons. The summed E-state index contributed by atoms with van der Waals surface area (Å²) in [5.41, 5.74) is 2.99. The van der Waals surface area contributed by atoms with Crippen LogP contribution in [0.1, 0.15) is 37.9 Å². The first kappa shape index (κ1) is 23.2. The van der Waals surface area contributed by atoms with E-state index in [9.17, 15) is 9.59 Å². The molecule has 0 bridgehead atoms. The van der Waals surface area contributed by atoms with Crippen LogP contribution in [0.4, 0.5) is 16.3 Å². The zero-order valence-electron chi connectivity index (χ0n) is 19.3. The van der Waals surface area contributed by atoms with Crippen molar-refractivity contribution in [3.63, 3.8) is 0 Å². The van der Waals surface area contributed by atoms with Gasteiger partial charge in [-0.15, -0.1) is 0 Å². The van der Waals surface area contributed by atoms with E-state index >= 15 is 0 Å². The lowest BCUT2D eigenvalue weighted by atomic mass is 10.1. The number of nitrogens with zero attached hydrogens (tertiary/aromatic N) is 2. The van der Waals surface area contributed by atoms with Gasteiger partial charge in [0.15, 0.2) is 11.5 Å². The Kier molecular flexibility index (Phi) is 7.31. The van der Waals surface area contributed by atoms with Crippen LogP contribution in [0, 0.1) is 0 Å². The highest BCUT2D eigenvalue weighted by atomic mass is 16.7. The molecule has 0 unspecified atom stereocenters. The molecule has 0 fully saturated rings. The highest BCUT2D eigenvalue weighted by Crippen LogP contribution is 2.34. The molecule has 0 saturated heterocycles. The number of ether oxygens (including phenoxy) is 3. The van der Waals surface area contributed by atoms with Crippen LogP contribution in [0.5, 0.6) is 11.5 Å². The Bertz CT molecular complexity index is 1170. The van der Waals surface area contributed by atoms with Crippen LogP contribution in [0.2, 0.25) is 0 Å². The van der Waals surface area contributed by atoms with Crippen LogP contribution in [0.25, 0.3) is 5.69 Å². The first-order chi connectivity index (χ1) is 16.6. The summed E-state index contributed by atoms with van der Waals surface area (Å²) < 4.78 is 17.4. The molecule has 1 aromatic heterocycles. The number of aromatic nitrogens is 2. The third kappa shape index (κ3) is 5.67. The third-order valence-corrected chi connectivity index (χ3v) is 5.23. The second kappa shape index (κ2) is 10.7. The molecule has 0 aliphatic carbocycles. The molecule has 9 heteroatoms. The number of hydrogen-bond donors (Lipinski definition) is 2. The second-order valence-electron chi connectivity index (χ2n) is 7.84. The summed E-state index contributed by atoms with van der Waals surface area (Å²) in [6.07, 6.45) is 2.99. The van der Waals surface area contributed by atoms with Crippen LogP contribution in [-0.4, -0.2) is 35.2 Å². The molecule has 4 rings (SSSR count). The second-order valence-corrected chi connectivity index (χ2v) is 7.84. The average molecular weight is 465 g/mol. The lowest BCUT2D eigenvalue weighted by molar-refractivity contribution is -0.142. The summed E-state index contributed by atoms with van der Waals surface area (Å²) in [6, 6.07) is 14.1. The van der Waals surface area contributed by atoms with E-state index in [1.54, 1.807) is 29.8 Å². The molecule has 0 atom stereocenters. The number of anilines is 2. The molecule has 3 aromatic rings. The standard InChI is InChI=1S/C25H28N4O5/c1-3-5-8-19-15-23(27-25(31)26-18-10-11-21-22(14-18)34-16-33-21)29(28-19)20-9-6-7-17(12-20)13-24(30)32-4-2/h6-7,9-12,14-15H,3-5,8,13,16H2,1-2H3,(H2,26,27,31).